The maximum absolute atomic E-state index is 13.5. The van der Waals surface area contributed by atoms with Crippen molar-refractivity contribution in [1.82, 2.24) is 34.6 Å². The summed E-state index contributed by atoms with van der Waals surface area (Å²) >= 11 is 0. The van der Waals surface area contributed by atoms with Crippen LogP contribution in [0.4, 0.5) is 32.2 Å². The molecule has 0 amide bonds. The van der Waals surface area contributed by atoms with Gasteiger partial charge >= 0.3 is 0 Å². The van der Waals surface area contributed by atoms with Crippen LogP contribution in [-0.2, 0) is 13.6 Å². The molecule has 3 aromatic heterocycles. The van der Waals surface area contributed by atoms with Crippen LogP contribution < -0.4 is 16.0 Å². The highest BCUT2D eigenvalue weighted by atomic mass is 19.3. The zero-order chi connectivity index (χ0) is 27.4. The van der Waals surface area contributed by atoms with E-state index in [0.29, 0.717) is 31.4 Å². The Bertz CT molecular complexity index is 1500. The van der Waals surface area contributed by atoms with Crippen molar-refractivity contribution in [3.05, 3.63) is 54.4 Å². The molecule has 4 heterocycles. The Labute approximate surface area is 224 Å². The Morgan fingerprint density at radius 1 is 1.03 bits per heavy atom. The first kappa shape index (κ1) is 25.1. The van der Waals surface area contributed by atoms with E-state index in [9.17, 15) is 8.78 Å². The van der Waals surface area contributed by atoms with Gasteiger partial charge in [0.1, 0.15) is 5.82 Å². The Kier molecular flexibility index (Phi) is 5.94. The third kappa shape index (κ3) is 4.99. The first-order valence-corrected chi connectivity index (χ1v) is 12.7. The van der Waals surface area contributed by atoms with Crippen LogP contribution in [0, 0.1) is 5.41 Å². The minimum Gasteiger partial charge on any atom is -0.368 e. The first-order valence-electron chi connectivity index (χ1n) is 12.7. The second-order valence-electron chi connectivity index (χ2n) is 10.9. The number of rotatable bonds is 7. The second kappa shape index (κ2) is 9.23. The third-order valence-corrected chi connectivity index (χ3v) is 7.18. The van der Waals surface area contributed by atoms with Crippen molar-refractivity contribution in [2.75, 3.05) is 43.1 Å². The lowest BCUT2D eigenvalue weighted by molar-refractivity contribution is -0.170. The lowest BCUT2D eigenvalue weighted by atomic mass is 9.61. The van der Waals surface area contributed by atoms with Crippen molar-refractivity contribution in [1.29, 1.82) is 0 Å². The van der Waals surface area contributed by atoms with Gasteiger partial charge < -0.3 is 20.9 Å². The summed E-state index contributed by atoms with van der Waals surface area (Å²) in [6, 6.07) is 11.6. The monoisotopic (exact) mass is 532 g/mol. The summed E-state index contributed by atoms with van der Waals surface area (Å²) < 4.78 is 28.6. The standard InChI is InChI=1S/C27H30F2N10/c1-37(2)12-19-10-18(11-32-23(19)39-15-26(16-39)13-27(28,29)14-26)22-35-25(38(3)36-22)33-20-6-4-17(5-7-20)21-8-9-31-24(30)34-21/h4-11H,12-16H2,1-3H3,(H2,30,31,34)(H,33,35,36). The van der Waals surface area contributed by atoms with E-state index in [4.69, 9.17) is 15.7 Å². The van der Waals surface area contributed by atoms with E-state index in [2.05, 4.69) is 30.2 Å². The molecule has 1 aromatic carbocycles. The largest absolute Gasteiger partial charge is 0.368 e. The summed E-state index contributed by atoms with van der Waals surface area (Å²) in [4.78, 5) is 21.8. The molecule has 39 heavy (non-hydrogen) atoms. The van der Waals surface area contributed by atoms with Crippen LogP contribution in [0.5, 0.6) is 0 Å². The lowest BCUT2D eigenvalue weighted by Crippen LogP contribution is -2.66. The molecule has 0 bridgehead atoms. The van der Waals surface area contributed by atoms with Crippen molar-refractivity contribution in [2.45, 2.75) is 25.3 Å². The molecule has 1 aliphatic heterocycles. The smallest absolute Gasteiger partial charge is 0.249 e. The maximum atomic E-state index is 13.5. The number of nitrogens with zero attached hydrogens (tertiary/aromatic N) is 8. The number of nitrogens with two attached hydrogens (primary N) is 1. The molecule has 12 heteroatoms. The number of aryl methyl sites for hydroxylation is 1. The highest BCUT2D eigenvalue weighted by molar-refractivity contribution is 5.66. The average molecular weight is 533 g/mol. The number of aromatic nitrogens is 6. The van der Waals surface area contributed by atoms with Gasteiger partial charge in [-0.3, -0.25) is 0 Å². The van der Waals surface area contributed by atoms with Gasteiger partial charge in [-0.25, -0.2) is 28.4 Å². The fourth-order valence-corrected chi connectivity index (χ4v) is 5.55. The van der Waals surface area contributed by atoms with E-state index in [1.165, 1.54) is 0 Å². The quantitative estimate of drug-likeness (QED) is 0.365. The summed E-state index contributed by atoms with van der Waals surface area (Å²) in [6.45, 7) is 1.90. The molecule has 0 unspecified atom stereocenters. The van der Waals surface area contributed by atoms with Crippen molar-refractivity contribution < 1.29 is 8.78 Å². The SMILES string of the molecule is CN(C)Cc1cc(-c2nc(Nc3ccc(-c4ccnc(N)n4)cc3)n(C)n2)cnc1N1CC2(C1)CC(F)(F)C2. The Morgan fingerprint density at radius 3 is 2.44 bits per heavy atom. The number of hydrogen-bond acceptors (Lipinski definition) is 9. The predicted molar refractivity (Wildman–Crippen MR) is 146 cm³/mol. The van der Waals surface area contributed by atoms with Crippen molar-refractivity contribution >= 4 is 23.4 Å². The van der Waals surface area contributed by atoms with Crippen LogP contribution in [-0.4, -0.2) is 67.7 Å². The first-order chi connectivity index (χ1) is 18.6. The number of halogens is 2. The molecule has 1 spiro atoms. The normalized spacial score (nSPS) is 17.2. The summed E-state index contributed by atoms with van der Waals surface area (Å²) in [5.74, 6) is -0.314. The summed E-state index contributed by atoms with van der Waals surface area (Å²) in [5, 5.41) is 7.91. The van der Waals surface area contributed by atoms with Crippen LogP contribution in [0.1, 0.15) is 18.4 Å². The number of pyridine rings is 1. The zero-order valence-electron chi connectivity index (χ0n) is 22.1. The van der Waals surface area contributed by atoms with Crippen molar-refractivity contribution in [3.63, 3.8) is 0 Å². The van der Waals surface area contributed by atoms with E-state index in [1.807, 2.05) is 57.5 Å². The molecule has 2 fully saturated rings. The van der Waals surface area contributed by atoms with Gasteiger partial charge in [-0.2, -0.15) is 4.98 Å². The van der Waals surface area contributed by atoms with Gasteiger partial charge in [-0.1, -0.05) is 12.1 Å². The van der Waals surface area contributed by atoms with Crippen LogP contribution in [0.25, 0.3) is 22.6 Å². The molecule has 2 aliphatic rings. The molecule has 1 saturated heterocycles. The third-order valence-electron chi connectivity index (χ3n) is 7.18. The number of benzene rings is 1. The fourth-order valence-electron chi connectivity index (χ4n) is 5.55. The van der Waals surface area contributed by atoms with Gasteiger partial charge in [0, 0.05) is 79.7 Å². The van der Waals surface area contributed by atoms with E-state index >= 15 is 0 Å². The second-order valence-corrected chi connectivity index (χ2v) is 10.9. The minimum atomic E-state index is -2.51. The fraction of sp³-hybridized carbons (Fsp3) is 0.370. The summed E-state index contributed by atoms with van der Waals surface area (Å²) in [5.41, 5.74) is 9.77. The van der Waals surface area contributed by atoms with E-state index in [1.54, 1.807) is 17.1 Å². The van der Waals surface area contributed by atoms with Crippen LogP contribution >= 0.6 is 0 Å². The zero-order valence-corrected chi connectivity index (χ0v) is 22.1. The molecule has 0 radical (unpaired) electrons. The Balaban J connectivity index is 1.19. The molecule has 202 valence electrons. The van der Waals surface area contributed by atoms with E-state index in [-0.39, 0.29) is 24.2 Å². The van der Waals surface area contributed by atoms with Gasteiger partial charge in [-0.05, 0) is 38.4 Å². The topological polar surface area (TPSA) is 114 Å². The molecule has 1 saturated carbocycles. The molecule has 10 nitrogen and oxygen atoms in total. The molecule has 1 aliphatic carbocycles. The molecule has 6 rings (SSSR count). The van der Waals surface area contributed by atoms with Gasteiger partial charge in [0.15, 0.2) is 5.82 Å². The number of nitrogens with one attached hydrogen (secondary N) is 1. The summed E-state index contributed by atoms with van der Waals surface area (Å²) in [7, 11) is 5.81. The Morgan fingerprint density at radius 2 is 1.77 bits per heavy atom. The number of alkyl halides is 2. The molecular weight excluding hydrogens is 502 g/mol. The van der Waals surface area contributed by atoms with Gasteiger partial charge in [0.2, 0.25) is 17.8 Å². The summed E-state index contributed by atoms with van der Waals surface area (Å²) in [6.07, 6.45) is 3.34. The van der Waals surface area contributed by atoms with Gasteiger partial charge in [-0.15, -0.1) is 5.10 Å². The number of nitrogen functional groups attached to an aromatic ring is 1. The highest BCUT2D eigenvalue weighted by Crippen LogP contribution is 2.57. The number of anilines is 4. The van der Waals surface area contributed by atoms with Gasteiger partial charge in [0.25, 0.3) is 0 Å². The highest BCUT2D eigenvalue weighted by Gasteiger charge is 2.62. The van der Waals surface area contributed by atoms with Crippen LogP contribution in [0.15, 0.2) is 48.8 Å². The van der Waals surface area contributed by atoms with Crippen LogP contribution in [0.3, 0.4) is 0 Å². The van der Waals surface area contributed by atoms with E-state index in [0.717, 1.165) is 33.9 Å². The molecule has 0 atom stereocenters. The predicted octanol–water partition coefficient (Wildman–Crippen LogP) is 3.96. The molecule has 4 aromatic rings. The van der Waals surface area contributed by atoms with Gasteiger partial charge in [0.05, 0.1) is 5.69 Å². The van der Waals surface area contributed by atoms with Crippen molar-refractivity contribution in [2.24, 2.45) is 12.5 Å². The number of hydrogen-bond donors (Lipinski definition) is 2. The lowest BCUT2D eigenvalue weighted by Gasteiger charge is -2.59. The Hall–Kier alpha value is -4.19. The minimum absolute atomic E-state index is 0.0246. The average Bonchev–Trinajstić information content (AvgIpc) is 3.21. The molecule has 3 N–H and O–H groups in total. The van der Waals surface area contributed by atoms with Crippen LogP contribution in [0.2, 0.25) is 0 Å². The molecular formula is C27H30F2N10. The van der Waals surface area contributed by atoms with Crippen molar-refractivity contribution in [3.8, 4) is 22.6 Å². The maximum Gasteiger partial charge on any atom is 0.249 e. The van der Waals surface area contributed by atoms with E-state index < -0.39 is 5.92 Å².